The number of carbonyl (C=O) groups excluding carboxylic acids is 1. The number of nitrogens with zero attached hydrogens (tertiary/aromatic N) is 1. The molecule has 1 heterocycles. The Balaban J connectivity index is 1.93. The van der Waals surface area contributed by atoms with E-state index in [0.717, 1.165) is 23.7 Å². The molecule has 0 aliphatic carbocycles. The number of methoxy groups -OCH3 is 1. The number of carbonyl (C=O) groups is 1. The van der Waals surface area contributed by atoms with Crippen LogP contribution in [0.4, 0.5) is 10.5 Å². The summed E-state index contributed by atoms with van der Waals surface area (Å²) >= 11 is 1.65. The van der Waals surface area contributed by atoms with Crippen LogP contribution in [0, 0.1) is 0 Å². The normalized spacial score (nSPS) is 22.0. The predicted octanol–water partition coefficient (Wildman–Crippen LogP) is 2.64. The lowest BCUT2D eigenvalue weighted by Crippen LogP contribution is -2.45. The van der Waals surface area contributed by atoms with Gasteiger partial charge in [-0.3, -0.25) is 4.90 Å². The molecule has 0 bridgehead atoms. The Morgan fingerprint density at radius 3 is 2.82 bits per heavy atom. The van der Waals surface area contributed by atoms with E-state index in [1.54, 1.807) is 18.9 Å². The van der Waals surface area contributed by atoms with Gasteiger partial charge in [-0.05, 0) is 38.3 Å². The zero-order chi connectivity index (χ0) is 16.1. The van der Waals surface area contributed by atoms with Gasteiger partial charge in [0, 0.05) is 36.8 Å². The number of nitrogens with one attached hydrogen (secondary N) is 2. The zero-order valence-electron chi connectivity index (χ0n) is 13.6. The first-order valence-corrected chi connectivity index (χ1v) is 8.74. The lowest BCUT2D eigenvalue weighted by molar-refractivity contribution is 0.0896. The molecule has 122 valence electrons. The Morgan fingerprint density at radius 2 is 2.18 bits per heavy atom. The summed E-state index contributed by atoms with van der Waals surface area (Å²) in [5.74, 6) is 0. The Morgan fingerprint density at radius 1 is 1.41 bits per heavy atom. The van der Waals surface area contributed by atoms with E-state index in [4.69, 9.17) is 4.74 Å². The van der Waals surface area contributed by atoms with Crippen LogP contribution in [0.15, 0.2) is 29.2 Å². The molecule has 0 aromatic heterocycles. The molecule has 1 saturated heterocycles. The van der Waals surface area contributed by atoms with Gasteiger partial charge in [0.05, 0.1) is 12.1 Å². The molecule has 1 fully saturated rings. The van der Waals surface area contributed by atoms with Crippen LogP contribution in [-0.2, 0) is 4.74 Å². The lowest BCUT2D eigenvalue weighted by Gasteiger charge is -2.20. The minimum atomic E-state index is -0.184. The topological polar surface area (TPSA) is 53.6 Å². The van der Waals surface area contributed by atoms with E-state index in [0.29, 0.717) is 6.04 Å². The molecule has 0 saturated carbocycles. The van der Waals surface area contributed by atoms with Crippen molar-refractivity contribution in [2.75, 3.05) is 31.8 Å². The third-order valence-corrected chi connectivity index (χ3v) is 4.70. The number of hydrogen-bond acceptors (Lipinski definition) is 4. The number of likely N-dealkylation sites (tertiary alicyclic amines) is 1. The standard InChI is InChI=1S/C16H25N3O2S/c1-11(2)19-9-14(15(10-19)21-3)18-16(20)17-12-6-5-7-13(8-12)22-4/h5-8,11,14-15H,9-10H2,1-4H3,(H2,17,18,20)/t14-,15-/m0/s1. The SMILES string of the molecule is CO[C@H]1CN(C(C)C)C[C@@H]1NC(=O)Nc1cccc(SC)c1. The van der Waals surface area contributed by atoms with Gasteiger partial charge in [0.2, 0.25) is 0 Å². The summed E-state index contributed by atoms with van der Waals surface area (Å²) in [6.45, 7) is 5.97. The molecule has 1 aliphatic heterocycles. The van der Waals surface area contributed by atoms with Crippen molar-refractivity contribution in [3.8, 4) is 0 Å². The number of thioether (sulfide) groups is 1. The first-order valence-electron chi connectivity index (χ1n) is 7.52. The van der Waals surface area contributed by atoms with Crippen molar-refractivity contribution in [2.24, 2.45) is 0 Å². The molecule has 0 spiro atoms. The van der Waals surface area contributed by atoms with Gasteiger partial charge in [-0.15, -0.1) is 11.8 Å². The van der Waals surface area contributed by atoms with Gasteiger partial charge in [-0.2, -0.15) is 0 Å². The summed E-state index contributed by atoms with van der Waals surface area (Å²) in [6, 6.07) is 8.09. The number of ether oxygens (including phenoxy) is 1. The van der Waals surface area contributed by atoms with Crippen LogP contribution in [0.2, 0.25) is 0 Å². The minimum Gasteiger partial charge on any atom is -0.378 e. The summed E-state index contributed by atoms with van der Waals surface area (Å²) in [7, 11) is 1.70. The van der Waals surface area contributed by atoms with Crippen LogP contribution >= 0.6 is 11.8 Å². The van der Waals surface area contributed by atoms with E-state index in [9.17, 15) is 4.79 Å². The predicted molar refractivity (Wildman–Crippen MR) is 91.7 cm³/mol. The Kier molecular flexibility index (Phi) is 6.11. The second kappa shape index (κ2) is 7.85. The van der Waals surface area contributed by atoms with Gasteiger partial charge in [0.1, 0.15) is 0 Å². The smallest absolute Gasteiger partial charge is 0.319 e. The highest BCUT2D eigenvalue weighted by Gasteiger charge is 2.34. The zero-order valence-corrected chi connectivity index (χ0v) is 14.4. The highest BCUT2D eigenvalue weighted by Crippen LogP contribution is 2.19. The fraction of sp³-hybridized carbons (Fsp3) is 0.562. The van der Waals surface area contributed by atoms with Gasteiger partial charge in [0.15, 0.2) is 0 Å². The number of anilines is 1. The summed E-state index contributed by atoms with van der Waals surface area (Å²) in [5.41, 5.74) is 0.803. The summed E-state index contributed by atoms with van der Waals surface area (Å²) in [5, 5.41) is 5.92. The van der Waals surface area contributed by atoms with Gasteiger partial charge >= 0.3 is 6.03 Å². The molecule has 2 N–H and O–H groups in total. The van der Waals surface area contributed by atoms with E-state index in [1.807, 2.05) is 30.5 Å². The highest BCUT2D eigenvalue weighted by molar-refractivity contribution is 7.98. The average molecular weight is 323 g/mol. The molecule has 6 heteroatoms. The maximum Gasteiger partial charge on any atom is 0.319 e. The van der Waals surface area contributed by atoms with E-state index in [2.05, 4.69) is 29.4 Å². The van der Waals surface area contributed by atoms with Crippen LogP contribution < -0.4 is 10.6 Å². The average Bonchev–Trinajstić information content (AvgIpc) is 2.90. The number of rotatable bonds is 5. The molecule has 5 nitrogen and oxygen atoms in total. The van der Waals surface area contributed by atoms with Gasteiger partial charge in [0.25, 0.3) is 0 Å². The third-order valence-electron chi connectivity index (χ3n) is 3.97. The molecule has 1 aromatic rings. The summed E-state index contributed by atoms with van der Waals surface area (Å²) in [6.07, 6.45) is 2.05. The second-order valence-electron chi connectivity index (χ2n) is 5.76. The maximum atomic E-state index is 12.2. The molecule has 2 amide bonds. The van der Waals surface area contributed by atoms with Gasteiger partial charge < -0.3 is 15.4 Å². The monoisotopic (exact) mass is 323 g/mol. The molecule has 1 aliphatic rings. The summed E-state index contributed by atoms with van der Waals surface area (Å²) < 4.78 is 5.50. The fourth-order valence-corrected chi connectivity index (χ4v) is 3.10. The largest absolute Gasteiger partial charge is 0.378 e. The van der Waals surface area contributed by atoms with Crippen LogP contribution in [0.3, 0.4) is 0 Å². The molecule has 22 heavy (non-hydrogen) atoms. The lowest BCUT2D eigenvalue weighted by atomic mass is 10.2. The quantitative estimate of drug-likeness (QED) is 0.818. The first-order chi connectivity index (χ1) is 10.5. The maximum absolute atomic E-state index is 12.2. The fourth-order valence-electron chi connectivity index (χ4n) is 2.64. The van der Waals surface area contributed by atoms with Crippen molar-refractivity contribution in [3.63, 3.8) is 0 Å². The highest BCUT2D eigenvalue weighted by atomic mass is 32.2. The second-order valence-corrected chi connectivity index (χ2v) is 6.64. The van der Waals surface area contributed by atoms with Gasteiger partial charge in [-0.1, -0.05) is 6.07 Å². The van der Waals surface area contributed by atoms with E-state index < -0.39 is 0 Å². The van der Waals surface area contributed by atoms with Crippen molar-refractivity contribution in [3.05, 3.63) is 24.3 Å². The van der Waals surface area contributed by atoms with Crippen molar-refractivity contribution < 1.29 is 9.53 Å². The Hall–Kier alpha value is -1.24. The number of hydrogen-bond donors (Lipinski definition) is 2. The molecule has 1 aromatic carbocycles. The third kappa shape index (κ3) is 4.38. The number of benzene rings is 1. The molecule has 2 rings (SSSR count). The van der Waals surface area contributed by atoms with Crippen LogP contribution in [-0.4, -0.2) is 55.6 Å². The van der Waals surface area contributed by atoms with Gasteiger partial charge in [-0.25, -0.2) is 4.79 Å². The van der Waals surface area contributed by atoms with Crippen molar-refractivity contribution in [1.29, 1.82) is 0 Å². The number of urea groups is 1. The first kappa shape index (κ1) is 17.1. The van der Waals surface area contributed by atoms with E-state index in [1.165, 1.54) is 0 Å². The Labute approximate surface area is 136 Å². The van der Waals surface area contributed by atoms with E-state index in [-0.39, 0.29) is 18.2 Å². The molecular weight excluding hydrogens is 298 g/mol. The Bertz CT molecular complexity index is 510. The molecule has 0 radical (unpaired) electrons. The summed E-state index contributed by atoms with van der Waals surface area (Å²) in [4.78, 5) is 15.6. The van der Waals surface area contributed by atoms with Crippen LogP contribution in [0.1, 0.15) is 13.8 Å². The van der Waals surface area contributed by atoms with Crippen molar-refractivity contribution >= 4 is 23.5 Å². The van der Waals surface area contributed by atoms with Crippen molar-refractivity contribution in [2.45, 2.75) is 36.9 Å². The van der Waals surface area contributed by atoms with E-state index >= 15 is 0 Å². The van der Waals surface area contributed by atoms with Crippen LogP contribution in [0.25, 0.3) is 0 Å². The van der Waals surface area contributed by atoms with Crippen LogP contribution in [0.5, 0.6) is 0 Å². The minimum absolute atomic E-state index is 0.0103. The molecule has 2 atom stereocenters. The molecular formula is C16H25N3O2S. The molecule has 0 unspecified atom stereocenters. The number of amides is 2. The van der Waals surface area contributed by atoms with Crippen molar-refractivity contribution in [1.82, 2.24) is 10.2 Å².